The van der Waals surface area contributed by atoms with Gasteiger partial charge in [0, 0.05) is 52.4 Å². The molecule has 45 heavy (non-hydrogen) atoms. The highest BCUT2D eigenvalue weighted by Crippen LogP contribution is 2.34. The van der Waals surface area contributed by atoms with Crippen LogP contribution in [0.4, 0.5) is 19.4 Å². The Balaban J connectivity index is 1.23. The van der Waals surface area contributed by atoms with Crippen LogP contribution in [-0.4, -0.2) is 110 Å². The van der Waals surface area contributed by atoms with E-state index in [0.29, 0.717) is 48.8 Å². The third-order valence-corrected chi connectivity index (χ3v) is 9.15. The number of pyridine rings is 1. The molecule has 3 aromatic rings. The Hall–Kier alpha value is -4.53. The van der Waals surface area contributed by atoms with Gasteiger partial charge in [-0.05, 0) is 36.6 Å². The van der Waals surface area contributed by atoms with Crippen molar-refractivity contribution in [2.24, 2.45) is 7.05 Å². The first kappa shape index (κ1) is 30.5. The zero-order valence-corrected chi connectivity index (χ0v) is 25.1. The maximum absolute atomic E-state index is 14.9. The number of piperidine rings is 2. The summed E-state index contributed by atoms with van der Waals surface area (Å²) in [5.41, 5.74) is 1.35. The fourth-order valence-electron chi connectivity index (χ4n) is 6.77. The Labute approximate surface area is 257 Å². The molecule has 1 N–H and O–H groups in total. The monoisotopic (exact) mass is 627 g/mol. The van der Waals surface area contributed by atoms with Gasteiger partial charge in [0.15, 0.2) is 5.82 Å². The zero-order chi connectivity index (χ0) is 32.0. The molecule has 2 atom stereocenters. The van der Waals surface area contributed by atoms with Crippen LogP contribution < -0.4 is 15.3 Å². The van der Waals surface area contributed by atoms with Gasteiger partial charge in [-0.3, -0.25) is 28.5 Å². The molecule has 3 aliphatic rings. The van der Waals surface area contributed by atoms with Gasteiger partial charge in [-0.2, -0.15) is 0 Å². The minimum Gasteiger partial charge on any atom is -0.497 e. The van der Waals surface area contributed by atoms with Crippen LogP contribution in [0.2, 0.25) is 0 Å². The first-order valence-electron chi connectivity index (χ1n) is 14.9. The fourth-order valence-corrected chi connectivity index (χ4v) is 6.77. The predicted molar refractivity (Wildman–Crippen MR) is 159 cm³/mol. The van der Waals surface area contributed by atoms with Crippen LogP contribution in [0.25, 0.3) is 11.0 Å². The second-order valence-electron chi connectivity index (χ2n) is 11.7. The molecule has 0 radical (unpaired) electrons. The number of aromatic nitrogens is 3. The number of methoxy groups -OCH3 is 1. The van der Waals surface area contributed by atoms with Crippen molar-refractivity contribution in [2.75, 3.05) is 51.3 Å². The van der Waals surface area contributed by atoms with Gasteiger partial charge in [-0.1, -0.05) is 12.1 Å². The van der Waals surface area contributed by atoms with Crippen molar-refractivity contribution in [1.29, 1.82) is 0 Å². The molecular weight excluding hydrogens is 592 g/mol. The summed E-state index contributed by atoms with van der Waals surface area (Å²) in [4.78, 5) is 61.6. The van der Waals surface area contributed by atoms with Crippen molar-refractivity contribution in [3.05, 3.63) is 52.6 Å². The fraction of sp³-hybridized carbons (Fsp3) is 0.500. The molecule has 1 unspecified atom stereocenters. The molecule has 13 nitrogen and oxygen atoms in total. The van der Waals surface area contributed by atoms with Crippen molar-refractivity contribution >= 4 is 34.8 Å². The average Bonchev–Trinajstić information content (AvgIpc) is 3.28. The summed E-state index contributed by atoms with van der Waals surface area (Å²) in [5.74, 6) is -2.78. The highest BCUT2D eigenvalue weighted by Gasteiger charge is 2.49. The lowest BCUT2D eigenvalue weighted by Crippen LogP contribution is -2.62. The normalized spacial score (nSPS) is 22.7. The molecule has 15 heteroatoms. The molecule has 6 rings (SSSR count). The molecule has 1 aromatic carbocycles. The molecule has 2 aromatic heterocycles. The summed E-state index contributed by atoms with van der Waals surface area (Å²) in [7, 11) is 3.16. The number of aryl methyl sites for hydroxylation is 1. The number of anilines is 1. The van der Waals surface area contributed by atoms with Gasteiger partial charge in [-0.25, -0.2) is 23.4 Å². The molecule has 3 saturated heterocycles. The predicted octanol–water partition coefficient (Wildman–Crippen LogP) is 2.14. The number of piperazine rings is 1. The quantitative estimate of drug-likeness (QED) is 0.408. The molecule has 0 bridgehead atoms. The van der Waals surface area contributed by atoms with E-state index in [0.717, 1.165) is 10.5 Å². The minimum atomic E-state index is -3.17. The number of likely N-dealkylation sites (tertiary alicyclic amines) is 2. The largest absolute Gasteiger partial charge is 0.497 e. The number of amides is 3. The number of ether oxygens (including phenoxy) is 1. The topological polar surface area (TPSA) is 133 Å². The van der Waals surface area contributed by atoms with Crippen molar-refractivity contribution in [1.82, 2.24) is 28.8 Å². The van der Waals surface area contributed by atoms with E-state index in [9.17, 15) is 28.0 Å². The molecule has 5 heterocycles. The average molecular weight is 628 g/mol. The Kier molecular flexibility index (Phi) is 7.97. The van der Waals surface area contributed by atoms with E-state index in [1.54, 1.807) is 55.6 Å². The van der Waals surface area contributed by atoms with Crippen LogP contribution in [0.15, 0.2) is 41.3 Å². The Morgan fingerprint density at radius 1 is 1.04 bits per heavy atom. The maximum atomic E-state index is 14.9. The first-order chi connectivity index (χ1) is 21.5. The van der Waals surface area contributed by atoms with E-state index in [4.69, 9.17) is 9.84 Å². The van der Waals surface area contributed by atoms with Crippen molar-refractivity contribution in [3.8, 4) is 5.75 Å². The number of carbonyl (C=O) groups excluding carboxylic acids is 2. The number of benzene rings is 1. The number of fused-ring (bicyclic) bond motifs is 1. The van der Waals surface area contributed by atoms with Crippen LogP contribution in [0, 0.1) is 0 Å². The van der Waals surface area contributed by atoms with Crippen LogP contribution >= 0.6 is 0 Å². The summed E-state index contributed by atoms with van der Waals surface area (Å²) >= 11 is 0. The Morgan fingerprint density at radius 3 is 2.40 bits per heavy atom. The summed E-state index contributed by atoms with van der Waals surface area (Å²) in [6.45, 7) is 0.652. The van der Waals surface area contributed by atoms with Crippen molar-refractivity contribution in [2.45, 2.75) is 43.8 Å². The van der Waals surface area contributed by atoms with Crippen LogP contribution in [0.1, 0.15) is 30.9 Å². The summed E-state index contributed by atoms with van der Waals surface area (Å²) in [5, 5.41) is 9.16. The van der Waals surface area contributed by atoms with Crippen molar-refractivity contribution < 1.29 is 33.0 Å². The SMILES string of the molecule is COc1ccc(CN2C(=O)CCC(n3c(=O)n(C)c4c(N5CCN([C@H]6CCN(C(=O)O)CC6(F)F)CC5)nccc43)C2=O)cc1. The lowest BCUT2D eigenvalue weighted by molar-refractivity contribution is -0.151. The number of alkyl halides is 2. The summed E-state index contributed by atoms with van der Waals surface area (Å²) < 4.78 is 37.9. The first-order valence-corrected chi connectivity index (χ1v) is 14.9. The number of imidazole rings is 1. The molecule has 3 fully saturated rings. The molecule has 3 amide bonds. The number of carboxylic acid groups (broad SMARTS) is 1. The van der Waals surface area contributed by atoms with Gasteiger partial charge in [0.05, 0.1) is 31.8 Å². The van der Waals surface area contributed by atoms with E-state index in [1.807, 2.05) is 4.90 Å². The number of nitrogens with zero attached hydrogens (tertiary/aromatic N) is 7. The number of rotatable bonds is 6. The van der Waals surface area contributed by atoms with E-state index >= 15 is 0 Å². The molecule has 0 aliphatic carbocycles. The molecule has 0 saturated carbocycles. The number of imide groups is 1. The van der Waals surface area contributed by atoms with Crippen LogP contribution in [0.5, 0.6) is 5.75 Å². The van der Waals surface area contributed by atoms with E-state index in [-0.39, 0.29) is 38.3 Å². The van der Waals surface area contributed by atoms with Gasteiger partial charge >= 0.3 is 11.8 Å². The number of halogens is 2. The number of hydrogen-bond acceptors (Lipinski definition) is 8. The van der Waals surface area contributed by atoms with Gasteiger partial charge in [-0.15, -0.1) is 0 Å². The smallest absolute Gasteiger partial charge is 0.407 e. The van der Waals surface area contributed by atoms with E-state index in [2.05, 4.69) is 4.98 Å². The van der Waals surface area contributed by atoms with Crippen LogP contribution in [0.3, 0.4) is 0 Å². The second kappa shape index (κ2) is 11.8. The summed E-state index contributed by atoms with van der Waals surface area (Å²) in [6.07, 6.45) is 0.536. The molecular formula is C30H35F2N7O6. The molecule has 240 valence electrons. The lowest BCUT2D eigenvalue weighted by atomic mass is 9.98. The van der Waals surface area contributed by atoms with Gasteiger partial charge < -0.3 is 19.6 Å². The van der Waals surface area contributed by atoms with E-state index < -0.39 is 42.2 Å². The number of carbonyl (C=O) groups is 3. The third kappa shape index (κ3) is 5.49. The van der Waals surface area contributed by atoms with Gasteiger partial charge in [0.2, 0.25) is 5.91 Å². The Bertz CT molecular complexity index is 1680. The Morgan fingerprint density at radius 2 is 1.76 bits per heavy atom. The molecule has 0 spiro atoms. The van der Waals surface area contributed by atoms with Gasteiger partial charge in [0.25, 0.3) is 11.8 Å². The number of hydrogen-bond donors (Lipinski definition) is 1. The minimum absolute atomic E-state index is 0.0396. The highest BCUT2D eigenvalue weighted by atomic mass is 19.3. The highest BCUT2D eigenvalue weighted by molar-refractivity contribution is 6.00. The van der Waals surface area contributed by atoms with Crippen LogP contribution in [-0.2, 0) is 23.2 Å². The van der Waals surface area contributed by atoms with Gasteiger partial charge in [0.1, 0.15) is 17.3 Å². The second-order valence-corrected chi connectivity index (χ2v) is 11.7. The third-order valence-electron chi connectivity index (χ3n) is 9.15. The molecule has 3 aliphatic heterocycles. The summed E-state index contributed by atoms with van der Waals surface area (Å²) in [6, 6.07) is 6.79. The lowest BCUT2D eigenvalue weighted by Gasteiger charge is -2.46. The van der Waals surface area contributed by atoms with Crippen molar-refractivity contribution in [3.63, 3.8) is 0 Å². The zero-order valence-electron chi connectivity index (χ0n) is 25.1. The van der Waals surface area contributed by atoms with E-state index in [1.165, 1.54) is 14.0 Å². The standard InChI is InChI=1S/C30H35F2N7O6/c1-34-25-21(39(28(34)42)22-7-8-24(40)38(27(22)41)17-19-3-5-20(45-2)6-4-19)9-11-33-26(25)36-15-13-35(14-16-36)23-10-12-37(29(43)44)18-30(23,31)32/h3-6,9,11,22-23H,7-8,10,12-18H2,1-2H3,(H,43,44)/t22?,23-/m0/s1. The maximum Gasteiger partial charge on any atom is 0.407 e.